The minimum Gasteiger partial charge on any atom is -0.352 e. The average Bonchev–Trinajstić information content (AvgIpc) is 2.49. The number of hydrogen-bond acceptors (Lipinski definition) is 3. The molecule has 3 N–H and O–H groups in total. The van der Waals surface area contributed by atoms with E-state index in [0.717, 1.165) is 12.8 Å². The third kappa shape index (κ3) is 7.96. The predicted octanol–water partition coefficient (Wildman–Crippen LogP) is 2.96. The van der Waals surface area contributed by atoms with E-state index in [0.29, 0.717) is 18.5 Å². The van der Waals surface area contributed by atoms with Crippen LogP contribution in [0.15, 0.2) is 30.3 Å². The second-order valence-corrected chi connectivity index (χ2v) is 3.85. The number of benzene rings is 1. The molecule has 19 heavy (non-hydrogen) atoms. The summed E-state index contributed by atoms with van der Waals surface area (Å²) in [5, 5.41) is 11.3. The van der Waals surface area contributed by atoms with Gasteiger partial charge in [-0.05, 0) is 31.4 Å². The Morgan fingerprint density at radius 2 is 2.00 bits per heavy atom. The fraction of sp³-hybridized carbons (Fsp3) is 0.467. The smallest absolute Gasteiger partial charge is 0.251 e. The van der Waals surface area contributed by atoms with E-state index in [1.54, 1.807) is 12.1 Å². The summed E-state index contributed by atoms with van der Waals surface area (Å²) < 4.78 is 0. The summed E-state index contributed by atoms with van der Waals surface area (Å²) >= 11 is 0. The zero-order valence-corrected chi connectivity index (χ0v) is 11.7. The van der Waals surface area contributed by atoms with E-state index in [4.69, 9.17) is 11.0 Å². The summed E-state index contributed by atoms with van der Waals surface area (Å²) in [7, 11) is 0. The topological polar surface area (TPSA) is 78.9 Å². The molecule has 1 rings (SSSR count). The summed E-state index contributed by atoms with van der Waals surface area (Å²) in [5.74, 6) is -0.0600. The van der Waals surface area contributed by atoms with Gasteiger partial charge in [0.05, 0.1) is 12.1 Å². The highest BCUT2D eigenvalue weighted by molar-refractivity contribution is 5.94. The molecular weight excluding hydrogens is 238 g/mol. The van der Waals surface area contributed by atoms with E-state index in [1.807, 2.05) is 38.1 Å². The first-order chi connectivity index (χ1) is 9.24. The Morgan fingerprint density at radius 1 is 1.37 bits per heavy atom. The van der Waals surface area contributed by atoms with Crippen LogP contribution in [0.5, 0.6) is 0 Å². The van der Waals surface area contributed by atoms with Crippen molar-refractivity contribution >= 4 is 5.91 Å². The summed E-state index contributed by atoms with van der Waals surface area (Å²) in [6.07, 6.45) is 2.37. The lowest BCUT2D eigenvalue weighted by Gasteiger charge is -2.05. The molecule has 4 heteroatoms. The second kappa shape index (κ2) is 11.2. The maximum atomic E-state index is 11.6. The van der Waals surface area contributed by atoms with Gasteiger partial charge in [0, 0.05) is 15.0 Å². The number of carbonyl (C=O) groups is 1. The SMILES string of the molecule is CC.N#CC(N)CCCCNC(=O)c1ccccc1.[HH].[HH]. The first-order valence-electron chi connectivity index (χ1n) is 6.72. The largest absolute Gasteiger partial charge is 0.352 e. The number of unbranched alkanes of at least 4 members (excludes halogenated alkanes) is 1. The molecule has 0 heterocycles. The van der Waals surface area contributed by atoms with Crippen LogP contribution in [0.1, 0.15) is 46.3 Å². The van der Waals surface area contributed by atoms with Crippen molar-refractivity contribution in [3.8, 4) is 6.07 Å². The van der Waals surface area contributed by atoms with E-state index in [-0.39, 0.29) is 14.8 Å². The molecule has 0 saturated heterocycles. The Kier molecular flexibility index (Phi) is 10.1. The number of hydrogen-bond donors (Lipinski definition) is 2. The van der Waals surface area contributed by atoms with Crippen LogP contribution in [-0.4, -0.2) is 18.5 Å². The molecule has 1 aromatic carbocycles. The zero-order chi connectivity index (χ0) is 14.5. The molecule has 0 spiro atoms. The van der Waals surface area contributed by atoms with Crippen LogP contribution in [0, 0.1) is 11.3 Å². The van der Waals surface area contributed by atoms with Crippen LogP contribution in [-0.2, 0) is 0 Å². The Morgan fingerprint density at radius 3 is 2.58 bits per heavy atom. The van der Waals surface area contributed by atoms with Gasteiger partial charge in [-0.1, -0.05) is 32.0 Å². The molecule has 0 bridgehead atoms. The maximum absolute atomic E-state index is 11.6. The fourth-order valence-electron chi connectivity index (χ4n) is 1.45. The van der Waals surface area contributed by atoms with Gasteiger partial charge >= 0.3 is 0 Å². The Bertz CT molecular complexity index is 394. The predicted molar refractivity (Wildman–Crippen MR) is 81.8 cm³/mol. The normalized spacial score (nSPS) is 10.6. The highest BCUT2D eigenvalue weighted by atomic mass is 16.1. The van der Waals surface area contributed by atoms with Crippen LogP contribution >= 0.6 is 0 Å². The number of nitrogens with zero attached hydrogens (tertiary/aromatic N) is 1. The van der Waals surface area contributed by atoms with Crippen molar-refractivity contribution in [1.82, 2.24) is 5.32 Å². The van der Waals surface area contributed by atoms with Gasteiger partial charge < -0.3 is 11.1 Å². The van der Waals surface area contributed by atoms with Gasteiger partial charge in [0.1, 0.15) is 0 Å². The molecule has 0 saturated carbocycles. The van der Waals surface area contributed by atoms with E-state index in [2.05, 4.69) is 5.32 Å². The molecule has 108 valence electrons. The van der Waals surface area contributed by atoms with Gasteiger partial charge in [-0.15, -0.1) is 0 Å². The van der Waals surface area contributed by atoms with Crippen molar-refractivity contribution in [1.29, 1.82) is 5.26 Å². The molecule has 0 aliphatic heterocycles. The van der Waals surface area contributed by atoms with E-state index in [9.17, 15) is 4.79 Å². The third-order valence-corrected chi connectivity index (χ3v) is 2.43. The number of nitriles is 1. The Balaban J connectivity index is -0.000000774. The van der Waals surface area contributed by atoms with Crippen LogP contribution in [0.3, 0.4) is 0 Å². The summed E-state index contributed by atoms with van der Waals surface area (Å²) in [6, 6.07) is 10.7. The molecule has 0 aromatic heterocycles. The molecule has 0 fully saturated rings. The van der Waals surface area contributed by atoms with Crippen LogP contribution in [0.2, 0.25) is 0 Å². The number of amides is 1. The van der Waals surface area contributed by atoms with Crippen LogP contribution < -0.4 is 11.1 Å². The van der Waals surface area contributed by atoms with Crippen molar-refractivity contribution < 1.29 is 7.65 Å². The first-order valence-corrected chi connectivity index (χ1v) is 6.72. The minimum atomic E-state index is -0.389. The molecule has 1 amide bonds. The first kappa shape index (κ1) is 17.1. The van der Waals surface area contributed by atoms with Crippen molar-refractivity contribution in [2.24, 2.45) is 5.73 Å². The maximum Gasteiger partial charge on any atom is 0.251 e. The van der Waals surface area contributed by atoms with Gasteiger partial charge in [-0.2, -0.15) is 5.26 Å². The van der Waals surface area contributed by atoms with Gasteiger partial charge in [0.25, 0.3) is 5.91 Å². The quantitative estimate of drug-likeness (QED) is 0.776. The van der Waals surface area contributed by atoms with Crippen molar-refractivity contribution in [3.63, 3.8) is 0 Å². The summed E-state index contributed by atoms with van der Waals surface area (Å²) in [4.78, 5) is 11.6. The van der Waals surface area contributed by atoms with Crippen LogP contribution in [0.25, 0.3) is 0 Å². The molecule has 0 radical (unpaired) electrons. The zero-order valence-electron chi connectivity index (χ0n) is 11.7. The lowest BCUT2D eigenvalue weighted by molar-refractivity contribution is 0.0953. The second-order valence-electron chi connectivity index (χ2n) is 3.85. The summed E-state index contributed by atoms with van der Waals surface area (Å²) in [5.41, 5.74) is 6.13. The molecular formula is C15H27N3O. The average molecular weight is 265 g/mol. The number of nitrogens with one attached hydrogen (secondary N) is 1. The highest BCUT2D eigenvalue weighted by Gasteiger charge is 2.03. The molecule has 1 aromatic rings. The minimum absolute atomic E-state index is 0. The monoisotopic (exact) mass is 265 g/mol. The Labute approximate surface area is 118 Å². The molecule has 1 atom stereocenters. The van der Waals surface area contributed by atoms with Crippen molar-refractivity contribution in [3.05, 3.63) is 35.9 Å². The Hall–Kier alpha value is -1.86. The third-order valence-electron chi connectivity index (χ3n) is 2.43. The van der Waals surface area contributed by atoms with Crippen LogP contribution in [0.4, 0.5) is 0 Å². The van der Waals surface area contributed by atoms with Crippen molar-refractivity contribution in [2.75, 3.05) is 6.54 Å². The van der Waals surface area contributed by atoms with Gasteiger partial charge in [-0.3, -0.25) is 4.79 Å². The van der Waals surface area contributed by atoms with E-state index in [1.165, 1.54) is 0 Å². The van der Waals surface area contributed by atoms with Gasteiger partial charge in [-0.25, -0.2) is 0 Å². The lowest BCUT2D eigenvalue weighted by Crippen LogP contribution is -2.25. The molecule has 4 nitrogen and oxygen atoms in total. The highest BCUT2D eigenvalue weighted by Crippen LogP contribution is 2.00. The number of nitrogens with two attached hydrogens (primary N) is 1. The number of rotatable bonds is 6. The van der Waals surface area contributed by atoms with Gasteiger partial charge in [0.15, 0.2) is 0 Å². The number of carbonyl (C=O) groups excluding carboxylic acids is 1. The molecule has 1 unspecified atom stereocenters. The fourth-order valence-corrected chi connectivity index (χ4v) is 1.45. The standard InChI is InChI=1S/C13H17N3O.C2H6.2H2/c14-10-12(15)8-4-5-9-16-13(17)11-6-2-1-3-7-11;1-2;;/h1-3,6-7,12H,4-5,8-9,15H2,(H,16,17);1-2H3;2*1H. The lowest BCUT2D eigenvalue weighted by atomic mass is 10.1. The van der Waals surface area contributed by atoms with Crippen molar-refractivity contribution in [2.45, 2.75) is 39.2 Å². The van der Waals surface area contributed by atoms with E-state index >= 15 is 0 Å². The summed E-state index contributed by atoms with van der Waals surface area (Å²) in [6.45, 7) is 4.62. The molecule has 0 aliphatic carbocycles. The van der Waals surface area contributed by atoms with Gasteiger partial charge in [0.2, 0.25) is 0 Å². The van der Waals surface area contributed by atoms with E-state index < -0.39 is 0 Å². The molecule has 0 aliphatic rings.